The lowest BCUT2D eigenvalue weighted by molar-refractivity contribution is 1.34. The van der Waals surface area contributed by atoms with E-state index in [-0.39, 0.29) is 0 Å². The summed E-state index contributed by atoms with van der Waals surface area (Å²) in [4.78, 5) is 0.923. The van der Waals surface area contributed by atoms with E-state index in [0.717, 1.165) is 20.6 Å². The zero-order valence-corrected chi connectivity index (χ0v) is 8.04. The molecule has 0 aliphatic carbocycles. The summed E-state index contributed by atoms with van der Waals surface area (Å²) in [5.41, 5.74) is 7.48. The molecule has 0 amide bonds. The van der Waals surface area contributed by atoms with Crippen molar-refractivity contribution in [3.05, 3.63) is 22.2 Å². The van der Waals surface area contributed by atoms with Crippen LogP contribution in [0.25, 0.3) is 0 Å². The van der Waals surface area contributed by atoms with Crippen LogP contribution in [0.2, 0.25) is 0 Å². The molecule has 0 saturated carbocycles. The number of rotatable bonds is 0. The summed E-state index contributed by atoms with van der Waals surface area (Å²) < 4.78 is 0.943. The van der Waals surface area contributed by atoms with E-state index in [1.165, 1.54) is 0 Å². The van der Waals surface area contributed by atoms with Gasteiger partial charge in [0.25, 0.3) is 0 Å². The maximum Gasteiger partial charge on any atom is 0.0355 e. The average molecular weight is 218 g/mol. The second-order valence-electron chi connectivity index (χ2n) is 2.16. The number of benzene rings is 1. The second kappa shape index (κ2) is 2.84. The largest absolute Gasteiger partial charge is 0.398 e. The van der Waals surface area contributed by atoms with Crippen LogP contribution in [0, 0.1) is 6.92 Å². The molecule has 54 valence electrons. The highest BCUT2D eigenvalue weighted by Gasteiger charge is 1.98. The molecule has 0 heterocycles. The minimum Gasteiger partial charge on any atom is -0.398 e. The Labute approximate surface area is 74.2 Å². The highest BCUT2D eigenvalue weighted by molar-refractivity contribution is 9.10. The molecule has 10 heavy (non-hydrogen) atoms. The maximum atomic E-state index is 5.63. The van der Waals surface area contributed by atoms with Gasteiger partial charge in [-0.05, 0) is 40.5 Å². The van der Waals surface area contributed by atoms with Crippen molar-refractivity contribution < 1.29 is 0 Å². The van der Waals surface area contributed by atoms with Gasteiger partial charge in [-0.3, -0.25) is 0 Å². The van der Waals surface area contributed by atoms with Gasteiger partial charge in [-0.15, -0.1) is 12.6 Å². The van der Waals surface area contributed by atoms with Crippen molar-refractivity contribution in [1.82, 2.24) is 0 Å². The van der Waals surface area contributed by atoms with Crippen LogP contribution in [-0.4, -0.2) is 0 Å². The van der Waals surface area contributed by atoms with Crippen LogP contribution in [0.5, 0.6) is 0 Å². The standard InChI is InChI=1S/C7H8BrNS/c1-4-2-7(10)5(8)3-6(4)9/h2-3,10H,9H2,1H3. The molecule has 3 heteroatoms. The first-order valence-electron chi connectivity index (χ1n) is 2.86. The summed E-state index contributed by atoms with van der Waals surface area (Å²) in [5, 5.41) is 0. The fraction of sp³-hybridized carbons (Fsp3) is 0.143. The van der Waals surface area contributed by atoms with Gasteiger partial charge in [0.05, 0.1) is 0 Å². The average Bonchev–Trinajstić information content (AvgIpc) is 1.84. The minimum absolute atomic E-state index is 0.796. The number of hydrogen-bond acceptors (Lipinski definition) is 2. The zero-order valence-electron chi connectivity index (χ0n) is 5.56. The van der Waals surface area contributed by atoms with Gasteiger partial charge in [0.2, 0.25) is 0 Å². The summed E-state index contributed by atoms with van der Waals surface area (Å²) in [6.07, 6.45) is 0. The minimum atomic E-state index is 0.796. The first-order valence-corrected chi connectivity index (χ1v) is 4.10. The predicted octanol–water partition coefficient (Wildman–Crippen LogP) is 2.63. The molecule has 0 spiro atoms. The number of nitrogen functional groups attached to an aromatic ring is 1. The Morgan fingerprint density at radius 3 is 2.60 bits per heavy atom. The van der Waals surface area contributed by atoms with Crippen LogP contribution in [-0.2, 0) is 0 Å². The quantitative estimate of drug-likeness (QED) is 0.508. The molecule has 0 atom stereocenters. The summed E-state index contributed by atoms with van der Waals surface area (Å²) in [7, 11) is 0. The summed E-state index contributed by atoms with van der Waals surface area (Å²) in [5.74, 6) is 0. The Hall–Kier alpha value is -0.150. The van der Waals surface area contributed by atoms with Gasteiger partial charge in [0, 0.05) is 15.1 Å². The Morgan fingerprint density at radius 1 is 1.50 bits per heavy atom. The zero-order chi connectivity index (χ0) is 7.72. The molecule has 0 bridgehead atoms. The fourth-order valence-electron chi connectivity index (χ4n) is 0.682. The van der Waals surface area contributed by atoms with Crippen molar-refractivity contribution in [1.29, 1.82) is 0 Å². The lowest BCUT2D eigenvalue weighted by atomic mass is 10.2. The van der Waals surface area contributed by atoms with Gasteiger partial charge >= 0.3 is 0 Å². The molecule has 0 unspecified atom stereocenters. The molecular formula is C7H8BrNS. The van der Waals surface area contributed by atoms with Gasteiger partial charge in [-0.1, -0.05) is 0 Å². The highest BCUT2D eigenvalue weighted by atomic mass is 79.9. The molecule has 0 saturated heterocycles. The SMILES string of the molecule is Cc1cc(S)c(Br)cc1N. The predicted molar refractivity (Wildman–Crippen MR) is 50.5 cm³/mol. The molecule has 0 radical (unpaired) electrons. The Bertz CT molecular complexity index is 210. The number of aryl methyl sites for hydroxylation is 1. The Balaban J connectivity index is 3.28. The van der Waals surface area contributed by atoms with Crippen LogP contribution < -0.4 is 5.73 Å². The molecule has 1 nitrogen and oxygen atoms in total. The van der Waals surface area contributed by atoms with E-state index in [1.807, 2.05) is 19.1 Å². The number of anilines is 1. The molecule has 1 aromatic carbocycles. The third-order valence-electron chi connectivity index (χ3n) is 1.34. The number of hydrogen-bond donors (Lipinski definition) is 2. The molecule has 0 aliphatic rings. The van der Waals surface area contributed by atoms with Gasteiger partial charge < -0.3 is 5.73 Å². The van der Waals surface area contributed by atoms with Crippen molar-refractivity contribution >= 4 is 34.2 Å². The van der Waals surface area contributed by atoms with E-state index < -0.39 is 0 Å². The molecule has 0 fully saturated rings. The van der Waals surface area contributed by atoms with E-state index in [9.17, 15) is 0 Å². The van der Waals surface area contributed by atoms with E-state index >= 15 is 0 Å². The number of nitrogens with two attached hydrogens (primary N) is 1. The van der Waals surface area contributed by atoms with Crippen molar-refractivity contribution in [3.8, 4) is 0 Å². The van der Waals surface area contributed by atoms with E-state index in [0.29, 0.717) is 0 Å². The van der Waals surface area contributed by atoms with Crippen molar-refractivity contribution in [2.75, 3.05) is 5.73 Å². The lowest BCUT2D eigenvalue weighted by Gasteiger charge is -2.02. The monoisotopic (exact) mass is 217 g/mol. The summed E-state index contributed by atoms with van der Waals surface area (Å²) in [6.45, 7) is 1.96. The second-order valence-corrected chi connectivity index (χ2v) is 3.50. The Morgan fingerprint density at radius 2 is 2.10 bits per heavy atom. The Kier molecular flexibility index (Phi) is 2.26. The van der Waals surface area contributed by atoms with Gasteiger partial charge in [-0.25, -0.2) is 0 Å². The third kappa shape index (κ3) is 1.47. The van der Waals surface area contributed by atoms with Crippen LogP contribution in [0.3, 0.4) is 0 Å². The fourth-order valence-corrected chi connectivity index (χ4v) is 1.30. The first-order chi connectivity index (χ1) is 4.61. The summed E-state index contributed by atoms with van der Waals surface area (Å²) in [6, 6.07) is 3.79. The first kappa shape index (κ1) is 7.95. The third-order valence-corrected chi connectivity index (χ3v) is 2.67. The van der Waals surface area contributed by atoms with Crippen LogP contribution in [0.1, 0.15) is 5.56 Å². The molecule has 0 aliphatic heterocycles. The molecule has 0 aromatic heterocycles. The van der Waals surface area contributed by atoms with Crippen LogP contribution in [0.15, 0.2) is 21.5 Å². The van der Waals surface area contributed by atoms with Crippen molar-refractivity contribution in [3.63, 3.8) is 0 Å². The van der Waals surface area contributed by atoms with E-state index in [4.69, 9.17) is 5.73 Å². The van der Waals surface area contributed by atoms with E-state index in [1.54, 1.807) is 0 Å². The number of thiol groups is 1. The smallest absolute Gasteiger partial charge is 0.0355 e. The molecular weight excluding hydrogens is 210 g/mol. The van der Waals surface area contributed by atoms with Crippen molar-refractivity contribution in [2.24, 2.45) is 0 Å². The summed E-state index contributed by atoms with van der Waals surface area (Å²) >= 11 is 7.54. The maximum absolute atomic E-state index is 5.63. The van der Waals surface area contributed by atoms with Crippen LogP contribution in [0.4, 0.5) is 5.69 Å². The van der Waals surface area contributed by atoms with Gasteiger partial charge in [-0.2, -0.15) is 0 Å². The molecule has 1 rings (SSSR count). The molecule has 1 aromatic rings. The van der Waals surface area contributed by atoms with Crippen LogP contribution >= 0.6 is 28.6 Å². The van der Waals surface area contributed by atoms with Gasteiger partial charge in [0.1, 0.15) is 0 Å². The normalized spacial score (nSPS) is 9.90. The highest BCUT2D eigenvalue weighted by Crippen LogP contribution is 2.25. The van der Waals surface area contributed by atoms with E-state index in [2.05, 4.69) is 28.6 Å². The molecule has 2 N–H and O–H groups in total. The lowest BCUT2D eigenvalue weighted by Crippen LogP contribution is -1.88. The number of halogens is 1. The topological polar surface area (TPSA) is 26.0 Å². The van der Waals surface area contributed by atoms with Crippen molar-refractivity contribution in [2.45, 2.75) is 11.8 Å². The van der Waals surface area contributed by atoms with Gasteiger partial charge in [0.15, 0.2) is 0 Å².